The number of hydrogen-bond donors (Lipinski definition) is 1. The average molecular weight is 377 g/mol. The van der Waals surface area contributed by atoms with E-state index in [4.69, 9.17) is 11.6 Å². The van der Waals surface area contributed by atoms with Crippen molar-refractivity contribution in [1.29, 1.82) is 0 Å². The molecule has 0 bridgehead atoms. The molecule has 2 atom stereocenters. The Morgan fingerprint density at radius 2 is 1.88 bits per heavy atom. The van der Waals surface area contributed by atoms with Crippen LogP contribution in [0.4, 0.5) is 0 Å². The molecule has 3 fully saturated rings. The largest absolute Gasteiger partial charge is 0.389 e. The van der Waals surface area contributed by atoms with Crippen molar-refractivity contribution in [3.05, 3.63) is 34.9 Å². The Morgan fingerprint density at radius 1 is 1.19 bits per heavy atom. The van der Waals surface area contributed by atoms with Gasteiger partial charge in [-0.1, -0.05) is 43.0 Å². The van der Waals surface area contributed by atoms with E-state index in [1.165, 1.54) is 19.3 Å². The molecular weight excluding hydrogens is 348 g/mol. The summed E-state index contributed by atoms with van der Waals surface area (Å²) in [5, 5.41) is 11.5. The summed E-state index contributed by atoms with van der Waals surface area (Å²) in [5.41, 5.74) is -0.221. The lowest BCUT2D eigenvalue weighted by atomic mass is 9.88. The number of halogens is 1. The molecular formula is C21H29ClN2O2. The molecule has 1 N–H and O–H groups in total. The second kappa shape index (κ2) is 6.81. The third kappa shape index (κ3) is 3.28. The van der Waals surface area contributed by atoms with Crippen LogP contribution in [0.15, 0.2) is 24.3 Å². The lowest BCUT2D eigenvalue weighted by Crippen LogP contribution is -2.51. The topological polar surface area (TPSA) is 43.8 Å². The predicted octanol–water partition coefficient (Wildman–Crippen LogP) is 3.60. The molecule has 1 aromatic rings. The first-order valence-electron chi connectivity index (χ1n) is 9.93. The van der Waals surface area contributed by atoms with Crippen molar-refractivity contribution < 1.29 is 9.90 Å². The molecule has 3 aliphatic rings. The monoisotopic (exact) mass is 376 g/mol. The van der Waals surface area contributed by atoms with Gasteiger partial charge in [0.15, 0.2) is 0 Å². The van der Waals surface area contributed by atoms with Crippen LogP contribution >= 0.6 is 11.6 Å². The van der Waals surface area contributed by atoms with E-state index < -0.39 is 11.1 Å². The Bertz CT molecular complexity index is 669. The van der Waals surface area contributed by atoms with Crippen molar-refractivity contribution in [2.75, 3.05) is 13.1 Å². The second-order valence-electron chi connectivity index (χ2n) is 8.73. The fourth-order valence-electron chi connectivity index (χ4n) is 5.36. The zero-order valence-corrected chi connectivity index (χ0v) is 16.3. The van der Waals surface area contributed by atoms with Gasteiger partial charge < -0.3 is 10.0 Å². The van der Waals surface area contributed by atoms with Crippen LogP contribution < -0.4 is 0 Å². The molecule has 1 amide bonds. The number of nitrogens with zero attached hydrogens (tertiary/aromatic N) is 2. The van der Waals surface area contributed by atoms with E-state index in [-0.39, 0.29) is 5.91 Å². The number of hydrogen-bond acceptors (Lipinski definition) is 3. The summed E-state index contributed by atoms with van der Waals surface area (Å²) in [6, 6.07) is 8.21. The van der Waals surface area contributed by atoms with E-state index in [0.29, 0.717) is 25.6 Å². The molecule has 2 saturated heterocycles. The van der Waals surface area contributed by atoms with Gasteiger partial charge in [-0.2, -0.15) is 0 Å². The summed E-state index contributed by atoms with van der Waals surface area (Å²) < 4.78 is 0. The number of carbonyl (C=O) groups excluding carboxylic acids is 1. The van der Waals surface area contributed by atoms with Crippen molar-refractivity contribution in [1.82, 2.24) is 9.80 Å². The van der Waals surface area contributed by atoms with Crippen LogP contribution in [-0.4, -0.2) is 51.1 Å². The second-order valence-corrected chi connectivity index (χ2v) is 9.16. The standard InChI is InChI=1S/C21H29ClN2O2/c1-20(26)14-21(23(15-20)13-16-7-9-17(22)10-8-16)11-12-24(19(21)25)18-5-3-2-4-6-18/h7-10,18,26H,2-6,11-15H2,1H3/t20?,21-/m0/s1. The van der Waals surface area contributed by atoms with Gasteiger partial charge in [0.25, 0.3) is 0 Å². The highest BCUT2D eigenvalue weighted by Crippen LogP contribution is 2.45. The fraction of sp³-hybridized carbons (Fsp3) is 0.667. The molecule has 5 heteroatoms. The highest BCUT2D eigenvalue weighted by atomic mass is 35.5. The highest BCUT2D eigenvalue weighted by Gasteiger charge is 2.59. The van der Waals surface area contributed by atoms with Gasteiger partial charge >= 0.3 is 0 Å². The molecule has 1 aliphatic carbocycles. The molecule has 1 aromatic carbocycles. The van der Waals surface area contributed by atoms with Crippen molar-refractivity contribution in [2.24, 2.45) is 0 Å². The number of benzene rings is 1. The third-order valence-corrected chi connectivity index (χ3v) is 6.79. The molecule has 0 radical (unpaired) electrons. The number of carbonyl (C=O) groups is 1. The Labute approximate surface area is 161 Å². The molecule has 0 aromatic heterocycles. The van der Waals surface area contributed by atoms with Gasteiger partial charge in [-0.05, 0) is 43.9 Å². The Hall–Kier alpha value is -1.10. The minimum absolute atomic E-state index is 0.246. The molecule has 2 aliphatic heterocycles. The zero-order chi connectivity index (χ0) is 18.4. The zero-order valence-electron chi connectivity index (χ0n) is 15.6. The summed E-state index contributed by atoms with van der Waals surface area (Å²) in [4.78, 5) is 17.9. The summed E-state index contributed by atoms with van der Waals surface area (Å²) >= 11 is 6.01. The summed E-state index contributed by atoms with van der Waals surface area (Å²) in [6.45, 7) is 3.92. The van der Waals surface area contributed by atoms with Gasteiger partial charge in [0, 0.05) is 37.1 Å². The minimum atomic E-state index is -0.815. The first-order chi connectivity index (χ1) is 12.4. The van der Waals surface area contributed by atoms with Gasteiger partial charge in [-0.15, -0.1) is 0 Å². The lowest BCUT2D eigenvalue weighted by molar-refractivity contribution is -0.139. The molecule has 4 nitrogen and oxygen atoms in total. The van der Waals surface area contributed by atoms with Crippen molar-refractivity contribution >= 4 is 17.5 Å². The van der Waals surface area contributed by atoms with Crippen molar-refractivity contribution in [2.45, 2.75) is 75.6 Å². The quantitative estimate of drug-likeness (QED) is 0.876. The van der Waals surface area contributed by atoms with Crippen molar-refractivity contribution in [3.8, 4) is 0 Å². The van der Waals surface area contributed by atoms with Gasteiger partial charge in [0.05, 0.1) is 5.60 Å². The number of amides is 1. The summed E-state index contributed by atoms with van der Waals surface area (Å²) in [5.74, 6) is 0.246. The van der Waals surface area contributed by atoms with Gasteiger partial charge in [-0.25, -0.2) is 0 Å². The Morgan fingerprint density at radius 3 is 2.58 bits per heavy atom. The highest BCUT2D eigenvalue weighted by molar-refractivity contribution is 6.30. The minimum Gasteiger partial charge on any atom is -0.389 e. The van der Waals surface area contributed by atoms with E-state index >= 15 is 0 Å². The average Bonchev–Trinajstić information content (AvgIpc) is 3.07. The van der Waals surface area contributed by atoms with Gasteiger partial charge in [-0.3, -0.25) is 9.69 Å². The fourth-order valence-corrected chi connectivity index (χ4v) is 5.48. The van der Waals surface area contributed by atoms with Crippen LogP contribution in [0.1, 0.15) is 57.4 Å². The van der Waals surface area contributed by atoms with Gasteiger partial charge in [0.1, 0.15) is 5.54 Å². The first-order valence-corrected chi connectivity index (χ1v) is 10.3. The normalized spacial score (nSPS) is 33.5. The van der Waals surface area contributed by atoms with Crippen LogP contribution in [-0.2, 0) is 11.3 Å². The third-order valence-electron chi connectivity index (χ3n) is 6.54. The van der Waals surface area contributed by atoms with Crippen LogP contribution in [0.25, 0.3) is 0 Å². The number of likely N-dealkylation sites (tertiary alicyclic amines) is 2. The van der Waals surface area contributed by atoms with Crippen LogP contribution in [0.5, 0.6) is 0 Å². The number of aliphatic hydroxyl groups is 1. The van der Waals surface area contributed by atoms with E-state index in [9.17, 15) is 9.90 Å². The maximum absolute atomic E-state index is 13.5. The van der Waals surface area contributed by atoms with Crippen LogP contribution in [0.2, 0.25) is 5.02 Å². The van der Waals surface area contributed by atoms with E-state index in [1.54, 1.807) is 0 Å². The SMILES string of the molecule is CC1(O)CN(Cc2ccc(Cl)cc2)[C@@]2(CCN(C3CCCCC3)C2=O)C1. The molecule has 1 unspecified atom stereocenters. The molecule has 4 rings (SSSR count). The molecule has 2 heterocycles. The van der Waals surface area contributed by atoms with E-state index in [1.807, 2.05) is 31.2 Å². The summed E-state index contributed by atoms with van der Waals surface area (Å²) in [6.07, 6.45) is 7.38. The maximum atomic E-state index is 13.5. The Kier molecular flexibility index (Phi) is 4.79. The first kappa shape index (κ1) is 18.3. The molecule has 142 valence electrons. The predicted molar refractivity (Wildman–Crippen MR) is 103 cm³/mol. The van der Waals surface area contributed by atoms with Gasteiger partial charge in [0.2, 0.25) is 5.91 Å². The summed E-state index contributed by atoms with van der Waals surface area (Å²) in [7, 11) is 0. The van der Waals surface area contributed by atoms with E-state index in [2.05, 4.69) is 9.80 Å². The maximum Gasteiger partial charge on any atom is 0.243 e. The van der Waals surface area contributed by atoms with E-state index in [0.717, 1.165) is 36.4 Å². The van der Waals surface area contributed by atoms with Crippen LogP contribution in [0.3, 0.4) is 0 Å². The van der Waals surface area contributed by atoms with Crippen LogP contribution in [0, 0.1) is 0 Å². The molecule has 26 heavy (non-hydrogen) atoms. The smallest absolute Gasteiger partial charge is 0.243 e. The molecule has 1 saturated carbocycles. The Balaban J connectivity index is 1.57. The number of β-amino-alcohol motifs (C(OH)–C–C–N with tert-alkyl or cyclic N) is 1. The van der Waals surface area contributed by atoms with Crippen molar-refractivity contribution in [3.63, 3.8) is 0 Å². The lowest BCUT2D eigenvalue weighted by Gasteiger charge is -2.36. The molecule has 1 spiro atoms. The number of rotatable bonds is 3.